The van der Waals surface area contributed by atoms with Gasteiger partial charge in [-0.15, -0.1) is 0 Å². The van der Waals surface area contributed by atoms with E-state index in [1.807, 2.05) is 0 Å². The molecule has 1 heterocycles. The van der Waals surface area contributed by atoms with Crippen molar-refractivity contribution in [2.24, 2.45) is 0 Å². The summed E-state index contributed by atoms with van der Waals surface area (Å²) >= 11 is 0. The van der Waals surface area contributed by atoms with Crippen LogP contribution in [0.15, 0.2) is 0 Å². The molecule has 2 aliphatic rings. The van der Waals surface area contributed by atoms with E-state index < -0.39 is 0 Å². The number of likely N-dealkylation sites (N-methyl/N-ethyl adjacent to an activating group) is 1. The molecule has 0 aromatic rings. The molecule has 4 nitrogen and oxygen atoms in total. The maximum Gasteiger partial charge on any atom is 0.0613 e. The zero-order chi connectivity index (χ0) is 14.6. The topological polar surface area (TPSA) is 38.7 Å². The standard InChI is InChI=1S/C16H33N3O/c1-4-8-17-16(13-20)7-5-6-15(11-16)19-10-9-18(3)14(2)12-19/h14-15,17,20H,4-13H2,1-3H3. The van der Waals surface area contributed by atoms with Crippen molar-refractivity contribution in [1.82, 2.24) is 15.1 Å². The average molecular weight is 283 g/mol. The zero-order valence-corrected chi connectivity index (χ0v) is 13.6. The molecule has 118 valence electrons. The Hall–Kier alpha value is -0.160. The van der Waals surface area contributed by atoms with Crippen LogP contribution in [-0.4, -0.2) is 72.4 Å². The second kappa shape index (κ2) is 7.21. The van der Waals surface area contributed by atoms with Crippen LogP contribution < -0.4 is 5.32 Å². The maximum absolute atomic E-state index is 9.89. The van der Waals surface area contributed by atoms with Gasteiger partial charge in [-0.05, 0) is 52.6 Å². The van der Waals surface area contributed by atoms with Crippen molar-refractivity contribution in [2.45, 2.75) is 63.6 Å². The second-order valence-electron chi connectivity index (χ2n) is 6.94. The normalized spacial score (nSPS) is 37.2. The molecular weight excluding hydrogens is 250 g/mol. The fourth-order valence-electron chi connectivity index (χ4n) is 3.80. The fraction of sp³-hybridized carbons (Fsp3) is 1.00. The molecule has 0 bridgehead atoms. The van der Waals surface area contributed by atoms with Crippen LogP contribution in [0.4, 0.5) is 0 Å². The van der Waals surface area contributed by atoms with Gasteiger partial charge in [0.1, 0.15) is 0 Å². The van der Waals surface area contributed by atoms with E-state index in [2.05, 4.69) is 36.0 Å². The Morgan fingerprint density at radius 3 is 2.80 bits per heavy atom. The Kier molecular flexibility index (Phi) is 5.84. The third-order valence-corrected chi connectivity index (χ3v) is 5.38. The summed E-state index contributed by atoms with van der Waals surface area (Å²) < 4.78 is 0. The van der Waals surface area contributed by atoms with E-state index in [1.165, 1.54) is 32.5 Å². The lowest BCUT2D eigenvalue weighted by molar-refractivity contribution is 0.0207. The minimum Gasteiger partial charge on any atom is -0.394 e. The molecule has 1 saturated carbocycles. The molecule has 3 unspecified atom stereocenters. The van der Waals surface area contributed by atoms with Crippen LogP contribution in [0.2, 0.25) is 0 Å². The summed E-state index contributed by atoms with van der Waals surface area (Å²) in [5.74, 6) is 0. The van der Waals surface area contributed by atoms with Crippen molar-refractivity contribution in [1.29, 1.82) is 0 Å². The number of nitrogens with one attached hydrogen (secondary N) is 1. The molecule has 2 N–H and O–H groups in total. The number of nitrogens with zero attached hydrogens (tertiary/aromatic N) is 2. The van der Waals surface area contributed by atoms with E-state index in [0.29, 0.717) is 12.1 Å². The van der Waals surface area contributed by atoms with E-state index in [1.54, 1.807) is 0 Å². The molecule has 0 radical (unpaired) electrons. The fourth-order valence-corrected chi connectivity index (χ4v) is 3.80. The van der Waals surface area contributed by atoms with Crippen LogP contribution in [-0.2, 0) is 0 Å². The molecule has 3 atom stereocenters. The van der Waals surface area contributed by atoms with E-state index in [4.69, 9.17) is 0 Å². The van der Waals surface area contributed by atoms with Gasteiger partial charge in [0.2, 0.25) is 0 Å². The van der Waals surface area contributed by atoms with Gasteiger partial charge in [0.25, 0.3) is 0 Å². The van der Waals surface area contributed by atoms with E-state index >= 15 is 0 Å². The molecule has 1 aliphatic heterocycles. The van der Waals surface area contributed by atoms with Crippen LogP contribution in [0.1, 0.15) is 46.0 Å². The lowest BCUT2D eigenvalue weighted by Gasteiger charge is -2.48. The van der Waals surface area contributed by atoms with E-state index in [0.717, 1.165) is 25.8 Å². The van der Waals surface area contributed by atoms with Gasteiger partial charge in [0.15, 0.2) is 0 Å². The molecule has 0 amide bonds. The van der Waals surface area contributed by atoms with Crippen LogP contribution in [0, 0.1) is 0 Å². The molecule has 1 saturated heterocycles. The number of aliphatic hydroxyl groups is 1. The van der Waals surface area contributed by atoms with Gasteiger partial charge in [-0.2, -0.15) is 0 Å². The summed E-state index contributed by atoms with van der Waals surface area (Å²) in [4.78, 5) is 5.12. The lowest BCUT2D eigenvalue weighted by Crippen LogP contribution is -2.59. The third kappa shape index (κ3) is 3.73. The molecule has 2 rings (SSSR count). The van der Waals surface area contributed by atoms with Crippen LogP contribution in [0.5, 0.6) is 0 Å². The Morgan fingerprint density at radius 2 is 2.15 bits per heavy atom. The molecule has 0 aromatic carbocycles. The predicted octanol–water partition coefficient (Wildman–Crippen LogP) is 1.30. The molecule has 0 aromatic heterocycles. The SMILES string of the molecule is CCCNC1(CO)CCCC(N2CCN(C)C(C)C2)C1. The summed E-state index contributed by atoms with van der Waals surface area (Å²) in [5.41, 5.74) is -0.0223. The van der Waals surface area contributed by atoms with Crippen LogP contribution in [0.3, 0.4) is 0 Å². The Labute approximate surface area is 124 Å². The maximum atomic E-state index is 9.89. The Balaban J connectivity index is 1.95. The van der Waals surface area contributed by atoms with Gasteiger partial charge >= 0.3 is 0 Å². The van der Waals surface area contributed by atoms with E-state index in [-0.39, 0.29) is 12.1 Å². The van der Waals surface area contributed by atoms with Gasteiger partial charge in [-0.1, -0.05) is 6.92 Å². The van der Waals surface area contributed by atoms with Crippen molar-refractivity contribution in [3.8, 4) is 0 Å². The average Bonchev–Trinajstić information content (AvgIpc) is 2.48. The minimum absolute atomic E-state index is 0.0223. The molecule has 0 spiro atoms. The first-order valence-electron chi connectivity index (χ1n) is 8.40. The first-order chi connectivity index (χ1) is 9.60. The number of hydrogen-bond donors (Lipinski definition) is 2. The van der Waals surface area contributed by atoms with Crippen LogP contribution in [0.25, 0.3) is 0 Å². The molecule has 1 aliphatic carbocycles. The minimum atomic E-state index is -0.0223. The Morgan fingerprint density at radius 1 is 1.35 bits per heavy atom. The zero-order valence-electron chi connectivity index (χ0n) is 13.6. The lowest BCUT2D eigenvalue weighted by atomic mass is 9.78. The first kappa shape index (κ1) is 16.2. The van der Waals surface area contributed by atoms with Crippen molar-refractivity contribution in [3.05, 3.63) is 0 Å². The summed E-state index contributed by atoms with van der Waals surface area (Å²) in [6.07, 6.45) is 5.91. The number of piperazine rings is 1. The van der Waals surface area contributed by atoms with Gasteiger partial charge in [0, 0.05) is 37.3 Å². The highest BCUT2D eigenvalue weighted by Crippen LogP contribution is 2.32. The largest absolute Gasteiger partial charge is 0.394 e. The van der Waals surface area contributed by atoms with E-state index in [9.17, 15) is 5.11 Å². The number of rotatable bonds is 5. The molecule has 2 fully saturated rings. The number of hydrogen-bond acceptors (Lipinski definition) is 4. The summed E-state index contributed by atoms with van der Waals surface area (Å²) in [7, 11) is 2.23. The summed E-state index contributed by atoms with van der Waals surface area (Å²) in [5, 5.41) is 13.5. The van der Waals surface area contributed by atoms with Crippen molar-refractivity contribution < 1.29 is 5.11 Å². The predicted molar refractivity (Wildman–Crippen MR) is 84.0 cm³/mol. The van der Waals surface area contributed by atoms with Crippen molar-refractivity contribution >= 4 is 0 Å². The molecule has 20 heavy (non-hydrogen) atoms. The monoisotopic (exact) mass is 283 g/mol. The van der Waals surface area contributed by atoms with Gasteiger partial charge in [-0.25, -0.2) is 0 Å². The quantitative estimate of drug-likeness (QED) is 0.798. The van der Waals surface area contributed by atoms with Crippen molar-refractivity contribution in [2.75, 3.05) is 39.8 Å². The first-order valence-corrected chi connectivity index (χ1v) is 8.40. The highest BCUT2D eigenvalue weighted by molar-refractivity contribution is 4.97. The Bertz CT molecular complexity index is 299. The van der Waals surface area contributed by atoms with Crippen molar-refractivity contribution in [3.63, 3.8) is 0 Å². The van der Waals surface area contributed by atoms with Gasteiger partial charge < -0.3 is 15.3 Å². The molecule has 4 heteroatoms. The number of aliphatic hydroxyl groups excluding tert-OH is 1. The summed E-state index contributed by atoms with van der Waals surface area (Å²) in [6.45, 7) is 9.35. The highest BCUT2D eigenvalue weighted by Gasteiger charge is 2.38. The second-order valence-corrected chi connectivity index (χ2v) is 6.94. The van der Waals surface area contributed by atoms with Gasteiger partial charge in [0.05, 0.1) is 6.61 Å². The van der Waals surface area contributed by atoms with Crippen LogP contribution >= 0.6 is 0 Å². The van der Waals surface area contributed by atoms with Gasteiger partial charge in [-0.3, -0.25) is 4.90 Å². The third-order valence-electron chi connectivity index (χ3n) is 5.38. The molecular formula is C16H33N3O. The smallest absolute Gasteiger partial charge is 0.0613 e. The highest BCUT2D eigenvalue weighted by atomic mass is 16.3. The summed E-state index contributed by atoms with van der Waals surface area (Å²) in [6, 6.07) is 1.30.